The van der Waals surface area contributed by atoms with Crippen LogP contribution in [0.2, 0.25) is 5.15 Å². The second kappa shape index (κ2) is 11.3. The van der Waals surface area contributed by atoms with Gasteiger partial charge in [-0.2, -0.15) is 0 Å². The Hall–Kier alpha value is -3.40. The molecule has 10 heteroatoms. The van der Waals surface area contributed by atoms with Gasteiger partial charge in [-0.1, -0.05) is 29.8 Å². The van der Waals surface area contributed by atoms with Crippen molar-refractivity contribution in [1.82, 2.24) is 14.9 Å². The van der Waals surface area contributed by atoms with E-state index in [1.807, 2.05) is 24.3 Å². The minimum Gasteiger partial charge on any atom is -0.393 e. The van der Waals surface area contributed by atoms with Gasteiger partial charge in [0.1, 0.15) is 12.0 Å². The van der Waals surface area contributed by atoms with Crippen molar-refractivity contribution in [2.45, 2.75) is 12.8 Å². The second-order valence-corrected chi connectivity index (χ2v) is 9.89. The van der Waals surface area contributed by atoms with Crippen molar-refractivity contribution in [2.24, 2.45) is 5.92 Å². The third kappa shape index (κ3) is 5.95. The third-order valence-corrected chi connectivity index (χ3v) is 7.31. The first kappa shape index (κ1) is 25.3. The Labute approximate surface area is 222 Å². The molecule has 0 atom stereocenters. The van der Waals surface area contributed by atoms with Crippen molar-refractivity contribution in [3.8, 4) is 11.1 Å². The first-order valence-electron chi connectivity index (χ1n) is 12.6. The zero-order chi connectivity index (χ0) is 25.8. The van der Waals surface area contributed by atoms with Crippen molar-refractivity contribution in [3.63, 3.8) is 0 Å². The largest absolute Gasteiger partial charge is 0.393 e. The molecule has 4 N–H and O–H groups in total. The number of likely N-dealkylation sites (N-methyl/N-ethyl adjacent to an activating group) is 1. The van der Waals surface area contributed by atoms with E-state index in [0.717, 1.165) is 67.2 Å². The van der Waals surface area contributed by atoms with Gasteiger partial charge in [-0.05, 0) is 55.3 Å². The quantitative estimate of drug-likeness (QED) is 0.413. The summed E-state index contributed by atoms with van der Waals surface area (Å²) in [7, 11) is 2.14. The molecule has 0 unspecified atom stereocenters. The molecule has 0 spiro atoms. The maximum Gasteiger partial charge on any atom is 0.227 e. The first-order chi connectivity index (χ1) is 18.0. The Kier molecular flexibility index (Phi) is 7.73. The second-order valence-electron chi connectivity index (χ2n) is 9.53. The number of nitrogens with one attached hydrogen (secondary N) is 2. The van der Waals surface area contributed by atoms with Gasteiger partial charge in [-0.3, -0.25) is 4.79 Å². The molecule has 5 rings (SSSR count). The topological polar surface area (TPSA) is 109 Å². The van der Waals surface area contributed by atoms with Gasteiger partial charge in [0.25, 0.3) is 0 Å². The van der Waals surface area contributed by atoms with E-state index in [2.05, 4.69) is 55.6 Å². The van der Waals surface area contributed by atoms with Gasteiger partial charge < -0.3 is 30.9 Å². The number of anilines is 5. The van der Waals surface area contributed by atoms with E-state index in [4.69, 9.17) is 22.1 Å². The number of aromatic nitrogens is 2. The number of amides is 1. The number of rotatable bonds is 6. The van der Waals surface area contributed by atoms with Crippen LogP contribution >= 0.6 is 11.6 Å². The normalized spacial score (nSPS) is 17.0. The average Bonchev–Trinajstić information content (AvgIpc) is 2.93. The number of nitrogens with zero attached hydrogens (tertiary/aromatic N) is 4. The van der Waals surface area contributed by atoms with Crippen LogP contribution in [-0.2, 0) is 9.53 Å². The molecule has 1 aromatic heterocycles. The molecule has 3 aromatic rings. The zero-order valence-electron chi connectivity index (χ0n) is 20.9. The molecular weight excluding hydrogens is 490 g/mol. The third-order valence-electron chi connectivity index (χ3n) is 7.01. The summed E-state index contributed by atoms with van der Waals surface area (Å²) in [5.74, 6) is 0.533. The van der Waals surface area contributed by atoms with E-state index in [-0.39, 0.29) is 17.0 Å². The van der Waals surface area contributed by atoms with Crippen molar-refractivity contribution in [2.75, 3.05) is 67.7 Å². The number of halogens is 1. The Morgan fingerprint density at radius 1 is 1.03 bits per heavy atom. The van der Waals surface area contributed by atoms with Crippen LogP contribution in [0.5, 0.6) is 0 Å². The predicted molar refractivity (Wildman–Crippen MR) is 148 cm³/mol. The SMILES string of the molecule is CN1CCN(c2ccc(-c3ccc(NC(=O)C4CCOCC4)cc3)cc2Nc2ncnc(Cl)c2N)CC1. The number of nitrogens with two attached hydrogens (primary N) is 1. The van der Waals surface area contributed by atoms with Crippen LogP contribution in [0.4, 0.5) is 28.6 Å². The Balaban J connectivity index is 1.39. The molecule has 0 aliphatic carbocycles. The van der Waals surface area contributed by atoms with Gasteiger partial charge in [-0.25, -0.2) is 9.97 Å². The van der Waals surface area contributed by atoms with E-state index in [9.17, 15) is 4.79 Å². The molecule has 0 radical (unpaired) electrons. The minimum absolute atomic E-state index is 0.00640. The summed E-state index contributed by atoms with van der Waals surface area (Å²) in [6.07, 6.45) is 2.93. The lowest BCUT2D eigenvalue weighted by Gasteiger charge is -2.35. The van der Waals surface area contributed by atoms with E-state index in [1.54, 1.807) is 0 Å². The van der Waals surface area contributed by atoms with Gasteiger partial charge in [0, 0.05) is 51.0 Å². The highest BCUT2D eigenvalue weighted by atomic mass is 35.5. The molecule has 0 bridgehead atoms. The molecule has 37 heavy (non-hydrogen) atoms. The molecular formula is C27H32ClN7O2. The van der Waals surface area contributed by atoms with Crippen LogP contribution in [0.3, 0.4) is 0 Å². The van der Waals surface area contributed by atoms with Crippen molar-refractivity contribution >= 4 is 46.1 Å². The molecule has 3 heterocycles. The van der Waals surface area contributed by atoms with E-state index in [1.165, 1.54) is 6.33 Å². The Morgan fingerprint density at radius 2 is 1.73 bits per heavy atom. The fourth-order valence-corrected chi connectivity index (χ4v) is 4.82. The number of hydrogen-bond donors (Lipinski definition) is 3. The molecule has 2 aliphatic rings. The predicted octanol–water partition coefficient (Wildman–Crippen LogP) is 4.24. The number of hydrogen-bond acceptors (Lipinski definition) is 8. The van der Waals surface area contributed by atoms with E-state index in [0.29, 0.717) is 24.7 Å². The summed E-state index contributed by atoms with van der Waals surface area (Å²) in [6, 6.07) is 14.3. The van der Waals surface area contributed by atoms with Crippen LogP contribution in [0.25, 0.3) is 11.1 Å². The fourth-order valence-electron chi connectivity index (χ4n) is 4.69. The van der Waals surface area contributed by atoms with Gasteiger partial charge in [0.2, 0.25) is 5.91 Å². The monoisotopic (exact) mass is 521 g/mol. The fraction of sp³-hybridized carbons (Fsp3) is 0.370. The average molecular weight is 522 g/mol. The molecule has 1 amide bonds. The highest BCUT2D eigenvalue weighted by molar-refractivity contribution is 6.32. The van der Waals surface area contributed by atoms with Crippen molar-refractivity contribution in [3.05, 3.63) is 53.9 Å². The molecule has 2 aliphatic heterocycles. The Morgan fingerprint density at radius 3 is 2.46 bits per heavy atom. The molecule has 2 saturated heterocycles. The number of piperazine rings is 1. The van der Waals surface area contributed by atoms with E-state index < -0.39 is 0 Å². The molecule has 194 valence electrons. The highest BCUT2D eigenvalue weighted by Crippen LogP contribution is 2.36. The highest BCUT2D eigenvalue weighted by Gasteiger charge is 2.22. The summed E-state index contributed by atoms with van der Waals surface area (Å²) in [4.78, 5) is 25.5. The first-order valence-corrected chi connectivity index (χ1v) is 13.0. The number of benzene rings is 2. The number of nitrogen functional groups attached to an aromatic ring is 1. The summed E-state index contributed by atoms with van der Waals surface area (Å²) in [6.45, 7) is 5.11. The summed E-state index contributed by atoms with van der Waals surface area (Å²) >= 11 is 6.14. The molecule has 0 saturated carbocycles. The van der Waals surface area contributed by atoms with Crippen LogP contribution < -0.4 is 21.3 Å². The summed E-state index contributed by atoms with van der Waals surface area (Å²) < 4.78 is 5.37. The zero-order valence-corrected chi connectivity index (χ0v) is 21.7. The van der Waals surface area contributed by atoms with Gasteiger partial charge in [-0.15, -0.1) is 0 Å². The maximum atomic E-state index is 12.6. The Bertz CT molecular complexity index is 1240. The molecule has 9 nitrogen and oxygen atoms in total. The smallest absolute Gasteiger partial charge is 0.227 e. The van der Waals surface area contributed by atoms with Crippen LogP contribution in [0, 0.1) is 5.92 Å². The standard InChI is InChI=1S/C27H32ClN7O2/c1-34-10-12-35(13-11-34)23-7-4-20(16-22(23)33-26-24(29)25(28)30-17-31-26)18-2-5-21(6-3-18)32-27(36)19-8-14-37-15-9-19/h2-7,16-17,19H,8-15,29H2,1H3,(H,32,36)(H,30,31,33). The summed E-state index contributed by atoms with van der Waals surface area (Å²) in [5, 5.41) is 6.65. The maximum absolute atomic E-state index is 12.6. The molecule has 2 aromatic carbocycles. The minimum atomic E-state index is 0.00640. The van der Waals surface area contributed by atoms with E-state index >= 15 is 0 Å². The van der Waals surface area contributed by atoms with Gasteiger partial charge in [0.05, 0.1) is 11.4 Å². The lowest BCUT2D eigenvalue weighted by Crippen LogP contribution is -2.44. The molecule has 2 fully saturated rings. The van der Waals surface area contributed by atoms with Crippen molar-refractivity contribution in [1.29, 1.82) is 0 Å². The van der Waals surface area contributed by atoms with Crippen LogP contribution in [0.1, 0.15) is 12.8 Å². The summed E-state index contributed by atoms with van der Waals surface area (Å²) in [5.41, 5.74) is 11.3. The van der Waals surface area contributed by atoms with Crippen LogP contribution in [-0.4, -0.2) is 67.2 Å². The number of ether oxygens (including phenoxy) is 1. The van der Waals surface area contributed by atoms with Gasteiger partial charge in [0.15, 0.2) is 11.0 Å². The van der Waals surface area contributed by atoms with Crippen LogP contribution in [0.15, 0.2) is 48.8 Å². The van der Waals surface area contributed by atoms with Gasteiger partial charge >= 0.3 is 0 Å². The number of carbonyl (C=O) groups excluding carboxylic acids is 1. The lowest BCUT2D eigenvalue weighted by atomic mass is 9.99. The lowest BCUT2D eigenvalue weighted by molar-refractivity contribution is -0.122. The van der Waals surface area contributed by atoms with Crippen molar-refractivity contribution < 1.29 is 9.53 Å². The number of carbonyl (C=O) groups is 1.